The highest BCUT2D eigenvalue weighted by molar-refractivity contribution is 6.04. The number of ether oxygens (including phenoxy) is 2. The van der Waals surface area contributed by atoms with Crippen molar-refractivity contribution >= 4 is 11.6 Å². The molecule has 6 heteroatoms. The topological polar surface area (TPSA) is 54.4 Å². The zero-order valence-electron chi connectivity index (χ0n) is 19.6. The molecule has 0 aromatic heterocycles. The van der Waals surface area contributed by atoms with Gasteiger partial charge in [-0.1, -0.05) is 30.2 Å². The fraction of sp³-hybridized carbons (Fsp3) is 0.462. The number of carbonyl (C=O) groups excluding carboxylic acids is 1. The Bertz CT molecular complexity index is 1010. The van der Waals surface area contributed by atoms with E-state index in [1.165, 1.54) is 17.5 Å². The number of benzene rings is 2. The maximum absolute atomic E-state index is 13.5. The summed E-state index contributed by atoms with van der Waals surface area (Å²) in [5.74, 6) is 1.51. The first-order valence-corrected chi connectivity index (χ1v) is 11.4. The second-order valence-electron chi connectivity index (χ2n) is 8.77. The van der Waals surface area contributed by atoms with Gasteiger partial charge in [0.25, 0.3) is 5.91 Å². The van der Waals surface area contributed by atoms with Crippen molar-refractivity contribution in [3.8, 4) is 11.5 Å². The first-order valence-electron chi connectivity index (χ1n) is 11.4. The van der Waals surface area contributed by atoms with Gasteiger partial charge in [-0.15, -0.1) is 0 Å². The van der Waals surface area contributed by atoms with Gasteiger partial charge in [0, 0.05) is 17.5 Å². The van der Waals surface area contributed by atoms with E-state index in [1.807, 2.05) is 18.2 Å². The molecule has 2 aliphatic rings. The van der Waals surface area contributed by atoms with Crippen LogP contribution in [-0.2, 0) is 4.79 Å². The zero-order valence-corrected chi connectivity index (χ0v) is 19.6. The third-order valence-electron chi connectivity index (χ3n) is 6.46. The van der Waals surface area contributed by atoms with Gasteiger partial charge in [-0.3, -0.25) is 9.69 Å². The number of rotatable bonds is 6. The Balaban J connectivity index is 1.70. The van der Waals surface area contributed by atoms with Gasteiger partial charge in [0.15, 0.2) is 0 Å². The summed E-state index contributed by atoms with van der Waals surface area (Å²) in [6.45, 7) is 6.53. The maximum Gasteiger partial charge on any atom is 0.257 e. The smallest absolute Gasteiger partial charge is 0.257 e. The highest BCUT2D eigenvalue weighted by Crippen LogP contribution is 2.39. The molecular weight excluding hydrogens is 402 g/mol. The molecule has 0 spiro atoms. The van der Waals surface area contributed by atoms with Gasteiger partial charge in [0.05, 0.1) is 32.5 Å². The van der Waals surface area contributed by atoms with E-state index in [9.17, 15) is 4.79 Å². The first kappa shape index (κ1) is 22.3. The van der Waals surface area contributed by atoms with Crippen LogP contribution in [0.25, 0.3) is 0 Å². The Labute approximate surface area is 190 Å². The molecule has 0 unspecified atom stereocenters. The molecule has 1 saturated heterocycles. The van der Waals surface area contributed by atoms with Crippen LogP contribution >= 0.6 is 0 Å². The van der Waals surface area contributed by atoms with E-state index in [-0.39, 0.29) is 11.9 Å². The Kier molecular flexibility index (Phi) is 6.80. The lowest BCUT2D eigenvalue weighted by Crippen LogP contribution is -2.40. The molecule has 6 nitrogen and oxygen atoms in total. The molecule has 0 saturated carbocycles. The molecule has 2 aliphatic heterocycles. The van der Waals surface area contributed by atoms with Crippen LogP contribution in [0, 0.1) is 13.8 Å². The minimum absolute atomic E-state index is 0.0292. The summed E-state index contributed by atoms with van der Waals surface area (Å²) in [5.41, 5.74) is 5.33. The molecule has 0 aliphatic carbocycles. The fourth-order valence-electron chi connectivity index (χ4n) is 4.76. The second kappa shape index (κ2) is 9.74. The Hall–Kier alpha value is -2.86. The summed E-state index contributed by atoms with van der Waals surface area (Å²) in [6.07, 6.45) is 4.18. The number of methoxy groups -OCH3 is 2. The van der Waals surface area contributed by atoms with Crippen LogP contribution in [0.2, 0.25) is 0 Å². The van der Waals surface area contributed by atoms with Gasteiger partial charge < -0.3 is 9.47 Å². The third-order valence-corrected chi connectivity index (χ3v) is 6.46. The minimum Gasteiger partial charge on any atom is -0.497 e. The van der Waals surface area contributed by atoms with Gasteiger partial charge in [0.2, 0.25) is 0 Å². The van der Waals surface area contributed by atoms with Gasteiger partial charge in [0.1, 0.15) is 11.5 Å². The van der Waals surface area contributed by atoms with Crippen molar-refractivity contribution in [2.75, 3.05) is 33.9 Å². The van der Waals surface area contributed by atoms with Gasteiger partial charge in [-0.25, -0.2) is 5.01 Å². The quantitative estimate of drug-likeness (QED) is 0.671. The van der Waals surface area contributed by atoms with Crippen LogP contribution in [0.3, 0.4) is 0 Å². The van der Waals surface area contributed by atoms with E-state index >= 15 is 0 Å². The van der Waals surface area contributed by atoms with Crippen LogP contribution in [0.5, 0.6) is 11.5 Å². The number of likely N-dealkylation sites (tertiary alicyclic amines) is 1. The molecule has 2 heterocycles. The van der Waals surface area contributed by atoms with Gasteiger partial charge in [-0.05, 0) is 63.5 Å². The molecule has 1 fully saturated rings. The second-order valence-corrected chi connectivity index (χ2v) is 8.77. The number of aryl methyl sites for hydroxylation is 2. The zero-order chi connectivity index (χ0) is 22.7. The van der Waals surface area contributed by atoms with Crippen molar-refractivity contribution in [2.24, 2.45) is 5.10 Å². The standard InChI is InChI=1S/C26H33N3O3/c1-18-8-10-21(19(2)14-18)23-16-24(22-15-20(31-3)9-11-25(22)32-4)29(27-23)26(30)17-28-12-6-5-7-13-28/h8-11,14-15,24H,5-7,12-13,16-17H2,1-4H3/t24-/m0/s1. The minimum atomic E-state index is -0.229. The number of amides is 1. The molecule has 2 aromatic rings. The highest BCUT2D eigenvalue weighted by Gasteiger charge is 2.36. The molecule has 0 radical (unpaired) electrons. The number of hydrazone groups is 1. The summed E-state index contributed by atoms with van der Waals surface area (Å²) in [6, 6.07) is 11.9. The Morgan fingerprint density at radius 3 is 2.50 bits per heavy atom. The summed E-state index contributed by atoms with van der Waals surface area (Å²) < 4.78 is 11.1. The normalized spacial score (nSPS) is 19.1. The molecule has 2 aromatic carbocycles. The molecule has 4 rings (SSSR count). The lowest BCUT2D eigenvalue weighted by atomic mass is 9.94. The van der Waals surface area contributed by atoms with Crippen molar-refractivity contribution in [3.05, 3.63) is 58.7 Å². The monoisotopic (exact) mass is 435 g/mol. The van der Waals surface area contributed by atoms with Crippen LogP contribution in [-0.4, -0.2) is 55.4 Å². The Morgan fingerprint density at radius 2 is 1.81 bits per heavy atom. The summed E-state index contributed by atoms with van der Waals surface area (Å²) in [5, 5.41) is 6.56. The van der Waals surface area contributed by atoms with E-state index in [0.717, 1.165) is 54.3 Å². The third kappa shape index (κ3) is 4.65. The van der Waals surface area contributed by atoms with Crippen LogP contribution < -0.4 is 9.47 Å². The number of carbonyl (C=O) groups is 1. The molecule has 0 N–H and O–H groups in total. The average molecular weight is 436 g/mol. The van der Waals surface area contributed by atoms with Crippen LogP contribution in [0.15, 0.2) is 41.5 Å². The molecule has 32 heavy (non-hydrogen) atoms. The van der Waals surface area contributed by atoms with E-state index in [1.54, 1.807) is 19.2 Å². The number of piperidine rings is 1. The molecule has 0 bridgehead atoms. The predicted molar refractivity (Wildman–Crippen MR) is 126 cm³/mol. The summed E-state index contributed by atoms with van der Waals surface area (Å²) in [4.78, 5) is 15.7. The van der Waals surface area contributed by atoms with E-state index < -0.39 is 0 Å². The largest absolute Gasteiger partial charge is 0.497 e. The van der Waals surface area contributed by atoms with Crippen molar-refractivity contribution in [1.29, 1.82) is 0 Å². The summed E-state index contributed by atoms with van der Waals surface area (Å²) in [7, 11) is 3.31. The predicted octanol–water partition coefficient (Wildman–Crippen LogP) is 4.48. The van der Waals surface area contributed by atoms with Crippen molar-refractivity contribution < 1.29 is 14.3 Å². The highest BCUT2D eigenvalue weighted by atomic mass is 16.5. The number of hydrogen-bond donors (Lipinski definition) is 0. The number of hydrogen-bond acceptors (Lipinski definition) is 5. The molecule has 170 valence electrons. The fourth-order valence-corrected chi connectivity index (χ4v) is 4.76. The van der Waals surface area contributed by atoms with E-state index in [4.69, 9.17) is 14.6 Å². The van der Waals surface area contributed by atoms with Crippen LogP contribution in [0.4, 0.5) is 0 Å². The first-order chi connectivity index (χ1) is 15.5. The molecule has 1 amide bonds. The SMILES string of the molecule is COc1ccc(OC)c([C@@H]2CC(c3ccc(C)cc3C)=NN2C(=O)CN2CCCCC2)c1. The lowest BCUT2D eigenvalue weighted by Gasteiger charge is -2.29. The Morgan fingerprint density at radius 1 is 1.03 bits per heavy atom. The number of nitrogens with zero attached hydrogens (tertiary/aromatic N) is 3. The van der Waals surface area contributed by atoms with Gasteiger partial charge >= 0.3 is 0 Å². The van der Waals surface area contributed by atoms with Crippen molar-refractivity contribution in [2.45, 2.75) is 45.6 Å². The molecular formula is C26H33N3O3. The van der Waals surface area contributed by atoms with Gasteiger partial charge in [-0.2, -0.15) is 5.10 Å². The van der Waals surface area contributed by atoms with Crippen molar-refractivity contribution in [3.63, 3.8) is 0 Å². The van der Waals surface area contributed by atoms with E-state index in [2.05, 4.69) is 36.9 Å². The average Bonchev–Trinajstić information content (AvgIpc) is 3.24. The lowest BCUT2D eigenvalue weighted by molar-refractivity contribution is -0.134. The maximum atomic E-state index is 13.5. The van der Waals surface area contributed by atoms with Crippen molar-refractivity contribution in [1.82, 2.24) is 9.91 Å². The van der Waals surface area contributed by atoms with Crippen LogP contribution in [0.1, 0.15) is 54.0 Å². The van der Waals surface area contributed by atoms with E-state index in [0.29, 0.717) is 13.0 Å². The molecule has 1 atom stereocenters. The summed E-state index contributed by atoms with van der Waals surface area (Å²) >= 11 is 0.